The topological polar surface area (TPSA) is 49.9 Å². The van der Waals surface area contributed by atoms with Crippen molar-refractivity contribution in [2.45, 2.75) is 38.5 Å². The zero-order chi connectivity index (χ0) is 19.2. The molecule has 2 amide bonds. The van der Waals surface area contributed by atoms with Gasteiger partial charge in [-0.1, -0.05) is 24.4 Å². The molecule has 0 atom stereocenters. The van der Waals surface area contributed by atoms with Crippen LogP contribution < -0.4 is 4.74 Å². The number of hydrogen-bond acceptors (Lipinski definition) is 3. The van der Waals surface area contributed by atoms with E-state index >= 15 is 0 Å². The van der Waals surface area contributed by atoms with E-state index in [0.29, 0.717) is 31.7 Å². The van der Waals surface area contributed by atoms with Crippen LogP contribution in [0.3, 0.4) is 0 Å². The summed E-state index contributed by atoms with van der Waals surface area (Å²) in [6, 6.07) is 4.01. The summed E-state index contributed by atoms with van der Waals surface area (Å²) in [7, 11) is 0. The third-order valence-electron chi connectivity index (χ3n) is 5.37. The van der Waals surface area contributed by atoms with Gasteiger partial charge >= 0.3 is 0 Å². The fourth-order valence-electron chi connectivity index (χ4n) is 3.73. The highest BCUT2D eigenvalue weighted by molar-refractivity contribution is 6.30. The number of amides is 2. The second-order valence-corrected chi connectivity index (χ2v) is 7.67. The summed E-state index contributed by atoms with van der Waals surface area (Å²) >= 11 is 5.71. The van der Waals surface area contributed by atoms with E-state index in [1.807, 2.05) is 4.90 Å². The third kappa shape index (κ3) is 5.34. The highest BCUT2D eigenvalue weighted by Crippen LogP contribution is 2.23. The molecule has 2 saturated heterocycles. The Morgan fingerprint density at radius 2 is 1.70 bits per heavy atom. The van der Waals surface area contributed by atoms with Crippen LogP contribution in [0.1, 0.15) is 38.5 Å². The summed E-state index contributed by atoms with van der Waals surface area (Å²) in [5, 5.41) is -0.0345. The molecule has 2 fully saturated rings. The van der Waals surface area contributed by atoms with Crippen LogP contribution in [0.4, 0.5) is 4.39 Å². The Bertz CT molecular complexity index is 669. The first-order chi connectivity index (χ1) is 13.0. The minimum atomic E-state index is -0.522. The predicted molar refractivity (Wildman–Crippen MR) is 101 cm³/mol. The number of piperidine rings is 1. The molecule has 0 N–H and O–H groups in total. The van der Waals surface area contributed by atoms with E-state index in [1.54, 1.807) is 4.90 Å². The van der Waals surface area contributed by atoms with Crippen molar-refractivity contribution in [3.8, 4) is 5.75 Å². The van der Waals surface area contributed by atoms with Crippen molar-refractivity contribution in [3.63, 3.8) is 0 Å². The van der Waals surface area contributed by atoms with Crippen molar-refractivity contribution in [1.82, 2.24) is 9.80 Å². The van der Waals surface area contributed by atoms with Crippen LogP contribution in [-0.2, 0) is 9.59 Å². The van der Waals surface area contributed by atoms with Gasteiger partial charge in [-0.15, -0.1) is 0 Å². The van der Waals surface area contributed by atoms with Gasteiger partial charge in [0.05, 0.1) is 5.02 Å². The highest BCUT2D eigenvalue weighted by Gasteiger charge is 2.30. The van der Waals surface area contributed by atoms with Gasteiger partial charge in [-0.25, -0.2) is 4.39 Å². The lowest BCUT2D eigenvalue weighted by Crippen LogP contribution is -2.45. The van der Waals surface area contributed by atoms with Gasteiger partial charge in [0.25, 0.3) is 5.91 Å². The molecule has 1 aromatic carbocycles. The molecule has 3 rings (SSSR count). The van der Waals surface area contributed by atoms with Crippen LogP contribution in [0.2, 0.25) is 5.02 Å². The maximum Gasteiger partial charge on any atom is 0.260 e. The Morgan fingerprint density at radius 3 is 2.33 bits per heavy atom. The van der Waals surface area contributed by atoms with E-state index in [4.69, 9.17) is 16.3 Å². The number of benzene rings is 1. The number of likely N-dealkylation sites (tertiary alicyclic amines) is 2. The molecule has 0 bridgehead atoms. The Morgan fingerprint density at radius 1 is 1.04 bits per heavy atom. The first-order valence-electron chi connectivity index (χ1n) is 9.69. The molecule has 0 saturated carbocycles. The van der Waals surface area contributed by atoms with E-state index in [-0.39, 0.29) is 29.4 Å². The molecule has 2 aliphatic heterocycles. The molecule has 148 valence electrons. The lowest BCUT2D eigenvalue weighted by atomic mass is 9.95. The van der Waals surface area contributed by atoms with Crippen molar-refractivity contribution >= 4 is 23.4 Å². The third-order valence-corrected chi connectivity index (χ3v) is 5.66. The van der Waals surface area contributed by atoms with Gasteiger partial charge in [-0.2, -0.15) is 0 Å². The lowest BCUT2D eigenvalue weighted by molar-refractivity contribution is -0.141. The number of nitrogens with zero attached hydrogens (tertiary/aromatic N) is 2. The summed E-state index contributed by atoms with van der Waals surface area (Å²) < 4.78 is 18.6. The number of halogens is 2. The first-order valence-corrected chi connectivity index (χ1v) is 10.1. The Balaban J connectivity index is 1.44. The molecule has 0 radical (unpaired) electrons. The average molecular weight is 397 g/mol. The molecule has 2 aliphatic rings. The monoisotopic (exact) mass is 396 g/mol. The Labute approximate surface area is 164 Å². The summed E-state index contributed by atoms with van der Waals surface area (Å²) in [6.45, 7) is 2.75. The number of carbonyl (C=O) groups is 2. The van der Waals surface area contributed by atoms with Gasteiger partial charge in [0, 0.05) is 38.2 Å². The van der Waals surface area contributed by atoms with Crippen LogP contribution in [0.5, 0.6) is 5.75 Å². The van der Waals surface area contributed by atoms with Crippen molar-refractivity contribution in [3.05, 3.63) is 29.0 Å². The Hall–Kier alpha value is -1.82. The number of hydrogen-bond donors (Lipinski definition) is 0. The quantitative estimate of drug-likeness (QED) is 0.782. The second-order valence-electron chi connectivity index (χ2n) is 7.26. The normalized spacial score (nSPS) is 18.9. The van der Waals surface area contributed by atoms with E-state index in [2.05, 4.69) is 0 Å². The van der Waals surface area contributed by atoms with Crippen molar-refractivity contribution in [2.24, 2.45) is 5.92 Å². The van der Waals surface area contributed by atoms with Gasteiger partial charge in [-0.05, 0) is 37.8 Å². The molecule has 0 spiro atoms. The largest absolute Gasteiger partial charge is 0.484 e. The number of rotatable bonds is 4. The molecule has 2 heterocycles. The summed E-state index contributed by atoms with van der Waals surface area (Å²) in [6.07, 6.45) is 5.99. The van der Waals surface area contributed by atoms with Crippen LogP contribution in [0.15, 0.2) is 18.2 Å². The van der Waals surface area contributed by atoms with E-state index < -0.39 is 5.82 Å². The van der Waals surface area contributed by atoms with Gasteiger partial charge in [0.15, 0.2) is 6.61 Å². The zero-order valence-electron chi connectivity index (χ0n) is 15.5. The maximum absolute atomic E-state index is 13.2. The number of ether oxygens (including phenoxy) is 1. The fourth-order valence-corrected chi connectivity index (χ4v) is 3.90. The molecular formula is C20H26ClFN2O3. The summed E-state index contributed by atoms with van der Waals surface area (Å²) in [4.78, 5) is 28.8. The second kappa shape index (κ2) is 9.40. The molecule has 1 aromatic rings. The van der Waals surface area contributed by atoms with Crippen LogP contribution in [0.25, 0.3) is 0 Å². The first kappa shape index (κ1) is 19.9. The lowest BCUT2D eigenvalue weighted by Gasteiger charge is -2.34. The molecular weight excluding hydrogens is 371 g/mol. The van der Waals surface area contributed by atoms with Crippen molar-refractivity contribution < 1.29 is 18.7 Å². The van der Waals surface area contributed by atoms with E-state index in [9.17, 15) is 14.0 Å². The molecule has 0 aliphatic carbocycles. The minimum Gasteiger partial charge on any atom is -0.484 e. The molecule has 0 unspecified atom stereocenters. The number of carbonyl (C=O) groups excluding carboxylic acids is 2. The molecule has 27 heavy (non-hydrogen) atoms. The van der Waals surface area contributed by atoms with Gasteiger partial charge < -0.3 is 14.5 Å². The van der Waals surface area contributed by atoms with Crippen molar-refractivity contribution in [1.29, 1.82) is 0 Å². The van der Waals surface area contributed by atoms with Gasteiger partial charge in [-0.3, -0.25) is 9.59 Å². The molecule has 0 aromatic heterocycles. The summed E-state index contributed by atoms with van der Waals surface area (Å²) in [5.74, 6) is -0.0197. The Kier molecular flexibility index (Phi) is 6.94. The van der Waals surface area contributed by atoms with Crippen molar-refractivity contribution in [2.75, 3.05) is 32.8 Å². The SMILES string of the molecule is O=C(COc1ccc(F)c(Cl)c1)N1CCC(C(=O)N2CCCCCC2)CC1. The smallest absolute Gasteiger partial charge is 0.260 e. The van der Waals surface area contributed by atoms with Crippen LogP contribution in [0, 0.1) is 11.7 Å². The van der Waals surface area contributed by atoms with Gasteiger partial charge in [0.2, 0.25) is 5.91 Å². The molecule has 7 heteroatoms. The van der Waals surface area contributed by atoms with Crippen LogP contribution in [-0.4, -0.2) is 54.4 Å². The van der Waals surface area contributed by atoms with Crippen LogP contribution >= 0.6 is 11.6 Å². The average Bonchev–Trinajstić information content (AvgIpc) is 2.98. The van der Waals surface area contributed by atoms with E-state index in [1.165, 1.54) is 31.0 Å². The highest BCUT2D eigenvalue weighted by atomic mass is 35.5. The predicted octanol–water partition coefficient (Wildman–Crippen LogP) is 3.50. The molecule has 5 nitrogen and oxygen atoms in total. The maximum atomic E-state index is 13.2. The van der Waals surface area contributed by atoms with Gasteiger partial charge in [0.1, 0.15) is 11.6 Å². The summed E-state index contributed by atoms with van der Waals surface area (Å²) in [5.41, 5.74) is 0. The minimum absolute atomic E-state index is 0.0176. The van der Waals surface area contributed by atoms with E-state index in [0.717, 1.165) is 25.9 Å². The fraction of sp³-hybridized carbons (Fsp3) is 0.600. The zero-order valence-corrected chi connectivity index (χ0v) is 16.2. The standard InChI is InChI=1S/C20H26ClFN2O3/c21-17-13-16(5-6-18(17)22)27-14-19(25)23-11-7-15(8-12-23)20(26)24-9-3-1-2-4-10-24/h5-6,13,15H,1-4,7-12,14H2.